The maximum absolute atomic E-state index is 12.0. The fourth-order valence-electron chi connectivity index (χ4n) is 2.93. The largest absolute Gasteiger partial charge is 0.494 e. The highest BCUT2D eigenvalue weighted by molar-refractivity contribution is 6.62. The van der Waals surface area contributed by atoms with E-state index in [9.17, 15) is 4.79 Å². The summed E-state index contributed by atoms with van der Waals surface area (Å²) in [5.74, 6) is -0.0561. The van der Waals surface area contributed by atoms with Crippen molar-refractivity contribution >= 4 is 24.4 Å². The number of carbonyl (C=O) groups excluding carboxylic acids is 1. The van der Waals surface area contributed by atoms with E-state index in [-0.39, 0.29) is 30.7 Å². The molecule has 0 radical (unpaired) electrons. The Balaban J connectivity index is 1.47. The maximum Gasteiger partial charge on any atom is 0.494 e. The molecule has 1 saturated heterocycles. The Bertz CT molecular complexity index is 851. The van der Waals surface area contributed by atoms with E-state index in [0.29, 0.717) is 6.61 Å². The second-order valence-electron chi connectivity index (χ2n) is 8.53. The number of aryl methyl sites for hydroxylation is 1. The van der Waals surface area contributed by atoms with Crippen molar-refractivity contribution in [2.45, 2.75) is 52.4 Å². The molecule has 0 bridgehead atoms. The zero-order valence-electron chi connectivity index (χ0n) is 17.9. The second-order valence-corrected chi connectivity index (χ2v) is 8.53. The lowest BCUT2D eigenvalue weighted by molar-refractivity contribution is -0.119. The molecule has 0 spiro atoms. The molecule has 0 unspecified atom stereocenters. The molecule has 2 aromatic carbocycles. The van der Waals surface area contributed by atoms with Gasteiger partial charge in [-0.25, -0.2) is 0 Å². The first kappa shape index (κ1) is 21.5. The Kier molecular flexibility index (Phi) is 6.42. The van der Waals surface area contributed by atoms with Gasteiger partial charge in [0.1, 0.15) is 6.61 Å². The van der Waals surface area contributed by atoms with Crippen LogP contribution in [-0.2, 0) is 25.4 Å². The van der Waals surface area contributed by atoms with Crippen LogP contribution in [0.5, 0.6) is 0 Å². The monoisotopic (exact) mass is 392 g/mol. The Morgan fingerprint density at radius 2 is 1.55 bits per heavy atom. The van der Waals surface area contributed by atoms with E-state index in [1.807, 2.05) is 89.2 Å². The first-order valence-corrected chi connectivity index (χ1v) is 9.96. The van der Waals surface area contributed by atoms with Crippen molar-refractivity contribution in [3.05, 3.63) is 71.3 Å². The maximum atomic E-state index is 12.0. The molecule has 0 N–H and O–H groups in total. The zero-order chi connectivity index (χ0) is 21.1. The van der Waals surface area contributed by atoms with E-state index >= 15 is 0 Å². The van der Waals surface area contributed by atoms with Gasteiger partial charge in [-0.2, -0.15) is 0 Å². The number of hydrogen-bond donors (Lipinski definition) is 0. The van der Waals surface area contributed by atoms with Gasteiger partial charge in [0.2, 0.25) is 0 Å². The summed E-state index contributed by atoms with van der Waals surface area (Å²) >= 11 is 0. The van der Waals surface area contributed by atoms with Crippen LogP contribution < -0.4 is 5.46 Å². The fourth-order valence-corrected chi connectivity index (χ4v) is 2.93. The van der Waals surface area contributed by atoms with Gasteiger partial charge in [-0.3, -0.25) is 4.79 Å². The number of benzene rings is 2. The van der Waals surface area contributed by atoms with Gasteiger partial charge in [0.15, 0.2) is 5.78 Å². The smallest absolute Gasteiger partial charge is 0.399 e. The summed E-state index contributed by atoms with van der Waals surface area (Å²) in [6.45, 7) is 10.6. The molecule has 1 fully saturated rings. The Morgan fingerprint density at radius 1 is 0.966 bits per heavy atom. The average Bonchev–Trinajstić information content (AvgIpc) is 2.89. The van der Waals surface area contributed by atoms with Gasteiger partial charge >= 0.3 is 7.12 Å². The molecule has 0 amide bonds. The van der Waals surface area contributed by atoms with Crippen LogP contribution in [0.4, 0.5) is 0 Å². The molecule has 0 atom stereocenters. The van der Waals surface area contributed by atoms with E-state index in [2.05, 4.69) is 0 Å². The van der Waals surface area contributed by atoms with Gasteiger partial charge < -0.3 is 14.0 Å². The average molecular weight is 392 g/mol. The van der Waals surface area contributed by atoms with E-state index in [1.54, 1.807) is 6.08 Å². The van der Waals surface area contributed by atoms with Crippen molar-refractivity contribution in [1.29, 1.82) is 0 Å². The minimum absolute atomic E-state index is 0.0561. The molecular weight excluding hydrogens is 363 g/mol. The lowest BCUT2D eigenvalue weighted by Gasteiger charge is -2.32. The molecule has 1 heterocycles. The van der Waals surface area contributed by atoms with E-state index in [0.717, 1.165) is 16.6 Å². The van der Waals surface area contributed by atoms with Crippen LogP contribution in [-0.4, -0.2) is 30.7 Å². The Labute approximate surface area is 174 Å². The fraction of sp³-hybridized carbons (Fsp3) is 0.375. The summed E-state index contributed by atoms with van der Waals surface area (Å²) in [5.41, 5.74) is 3.46. The third-order valence-electron chi connectivity index (χ3n) is 5.56. The van der Waals surface area contributed by atoms with Crippen LogP contribution in [0.15, 0.2) is 54.6 Å². The highest BCUT2D eigenvalue weighted by Crippen LogP contribution is 2.36. The highest BCUT2D eigenvalue weighted by Gasteiger charge is 2.51. The standard InChI is InChI=1S/C24H29BO4/c1-18-6-8-19(9-7-18)12-15-22(26)17-27-16-20-10-13-21(14-11-20)25-28-23(2,3)24(4,5)29-25/h6-15H,16-17H2,1-5H3/b15-12+. The quantitative estimate of drug-likeness (QED) is 0.526. The van der Waals surface area contributed by atoms with Crippen LogP contribution in [0.3, 0.4) is 0 Å². The SMILES string of the molecule is Cc1ccc(/C=C/C(=O)COCc2ccc(B3OC(C)(C)C(C)(C)O3)cc2)cc1. The zero-order valence-corrected chi connectivity index (χ0v) is 17.9. The topological polar surface area (TPSA) is 44.8 Å². The lowest BCUT2D eigenvalue weighted by Crippen LogP contribution is -2.41. The minimum atomic E-state index is -0.372. The molecule has 3 rings (SSSR count). The molecule has 0 aromatic heterocycles. The summed E-state index contributed by atoms with van der Waals surface area (Å²) in [6.07, 6.45) is 3.37. The van der Waals surface area contributed by atoms with Crippen LogP contribution in [0.2, 0.25) is 0 Å². The van der Waals surface area contributed by atoms with Crippen LogP contribution in [0, 0.1) is 6.92 Å². The van der Waals surface area contributed by atoms with Crippen LogP contribution in [0.1, 0.15) is 44.4 Å². The molecule has 0 saturated carbocycles. The summed E-state index contributed by atoms with van der Waals surface area (Å²) in [5, 5.41) is 0. The van der Waals surface area contributed by atoms with Crippen molar-refractivity contribution < 1.29 is 18.8 Å². The third-order valence-corrected chi connectivity index (χ3v) is 5.56. The predicted molar refractivity (Wildman–Crippen MR) is 117 cm³/mol. The van der Waals surface area contributed by atoms with E-state index in [4.69, 9.17) is 14.0 Å². The second kappa shape index (κ2) is 8.66. The summed E-state index contributed by atoms with van der Waals surface area (Å²) < 4.78 is 17.7. The molecule has 2 aromatic rings. The van der Waals surface area contributed by atoms with Crippen molar-refractivity contribution in [2.24, 2.45) is 0 Å². The molecule has 0 aliphatic carbocycles. The predicted octanol–water partition coefficient (Wildman–Crippen LogP) is 4.09. The van der Waals surface area contributed by atoms with E-state index < -0.39 is 0 Å². The van der Waals surface area contributed by atoms with Gasteiger partial charge in [-0.1, -0.05) is 60.2 Å². The number of ether oxygens (including phenoxy) is 1. The molecule has 1 aliphatic rings. The summed E-state index contributed by atoms with van der Waals surface area (Å²) in [6, 6.07) is 15.9. The first-order chi connectivity index (χ1) is 13.7. The first-order valence-electron chi connectivity index (χ1n) is 9.96. The number of hydrogen-bond acceptors (Lipinski definition) is 4. The van der Waals surface area contributed by atoms with Crippen molar-refractivity contribution in [3.63, 3.8) is 0 Å². The molecule has 152 valence electrons. The third kappa shape index (κ3) is 5.44. The molecule has 29 heavy (non-hydrogen) atoms. The van der Waals surface area contributed by atoms with Crippen molar-refractivity contribution in [2.75, 3.05) is 6.61 Å². The molecule has 1 aliphatic heterocycles. The Hall–Kier alpha value is -2.21. The van der Waals surface area contributed by atoms with E-state index in [1.165, 1.54) is 5.56 Å². The van der Waals surface area contributed by atoms with Crippen LogP contribution in [0.25, 0.3) is 6.08 Å². The molecule has 5 heteroatoms. The van der Waals surface area contributed by atoms with Crippen molar-refractivity contribution in [3.8, 4) is 0 Å². The number of carbonyl (C=O) groups is 1. The lowest BCUT2D eigenvalue weighted by atomic mass is 9.79. The Morgan fingerprint density at radius 3 is 2.14 bits per heavy atom. The van der Waals surface area contributed by atoms with Gasteiger partial charge in [-0.05, 0) is 57.3 Å². The summed E-state index contributed by atoms with van der Waals surface area (Å²) in [7, 11) is -0.372. The molecular formula is C24H29BO4. The summed E-state index contributed by atoms with van der Waals surface area (Å²) in [4.78, 5) is 12.0. The minimum Gasteiger partial charge on any atom is -0.399 e. The molecule has 4 nitrogen and oxygen atoms in total. The number of rotatable bonds is 7. The van der Waals surface area contributed by atoms with Gasteiger partial charge in [0.05, 0.1) is 17.8 Å². The van der Waals surface area contributed by atoms with Crippen molar-refractivity contribution in [1.82, 2.24) is 0 Å². The van der Waals surface area contributed by atoms with Crippen LogP contribution >= 0.6 is 0 Å². The normalized spacial score (nSPS) is 17.8. The van der Waals surface area contributed by atoms with Gasteiger partial charge in [0, 0.05) is 0 Å². The number of ketones is 1. The highest BCUT2D eigenvalue weighted by atomic mass is 16.7. The van der Waals surface area contributed by atoms with Gasteiger partial charge in [0.25, 0.3) is 0 Å². The van der Waals surface area contributed by atoms with Gasteiger partial charge in [-0.15, -0.1) is 0 Å².